The molecule has 0 saturated carbocycles. The van der Waals surface area contributed by atoms with Gasteiger partial charge in [-0.2, -0.15) is 0 Å². The molecule has 0 spiro atoms. The second-order valence-corrected chi connectivity index (χ2v) is 8.27. The Balaban J connectivity index is 2.96. The topological polar surface area (TPSA) is 0 Å². The van der Waals surface area contributed by atoms with Crippen LogP contribution in [0, 0.1) is 39.0 Å². The number of aryl methyl sites for hydroxylation is 2. The summed E-state index contributed by atoms with van der Waals surface area (Å²) in [6, 6.07) is 2.27. The van der Waals surface area contributed by atoms with Crippen LogP contribution in [0.15, 0.2) is 6.07 Å². The van der Waals surface area contributed by atoms with Gasteiger partial charge in [0.2, 0.25) is 0 Å². The fourth-order valence-electron chi connectivity index (χ4n) is 3.32. The molecule has 0 aliphatic rings. The zero-order valence-electron chi connectivity index (χ0n) is 14.5. The predicted octanol–water partition coefficient (Wildman–Crippen LogP) is 6.66. The van der Waals surface area contributed by atoms with Crippen molar-refractivity contribution in [1.82, 2.24) is 0 Å². The van der Waals surface area contributed by atoms with Crippen molar-refractivity contribution in [3.63, 3.8) is 0 Å². The number of hydrogen-bond acceptors (Lipinski definition) is 0. The summed E-state index contributed by atoms with van der Waals surface area (Å²) in [7, 11) is 0. The molecule has 0 aromatic heterocycles. The van der Waals surface area contributed by atoms with E-state index in [2.05, 4.69) is 61.5 Å². The highest BCUT2D eigenvalue weighted by atomic mass is 35.5. The maximum absolute atomic E-state index is 6.78. The molecule has 1 aromatic rings. The van der Waals surface area contributed by atoms with Crippen LogP contribution < -0.4 is 0 Å². The SMILES string of the molecule is Cc1cc(C)c(C)c(C(Cl)CC(C)CC(C)(C)C)c1C. The standard InChI is InChI=1S/C19H31Cl/c1-12(11-19(6,7)8)9-17(20)18-15(4)13(2)10-14(3)16(18)5/h10,12,17H,9,11H2,1-8H3. The number of hydrogen-bond donors (Lipinski definition) is 0. The minimum atomic E-state index is 0.131. The Labute approximate surface area is 130 Å². The molecule has 0 aliphatic heterocycles. The van der Waals surface area contributed by atoms with Gasteiger partial charge in [0.15, 0.2) is 0 Å². The first kappa shape index (κ1) is 17.6. The van der Waals surface area contributed by atoms with Crippen molar-refractivity contribution in [2.24, 2.45) is 11.3 Å². The van der Waals surface area contributed by atoms with Crippen LogP contribution in [0.2, 0.25) is 0 Å². The number of alkyl halides is 1. The lowest BCUT2D eigenvalue weighted by molar-refractivity contribution is 0.295. The highest BCUT2D eigenvalue weighted by Gasteiger charge is 2.22. The molecule has 0 saturated heterocycles. The third kappa shape index (κ3) is 4.52. The Morgan fingerprint density at radius 2 is 1.45 bits per heavy atom. The first-order chi connectivity index (χ1) is 9.03. The summed E-state index contributed by atoms with van der Waals surface area (Å²) in [5.41, 5.74) is 7.20. The normalized spacial score (nSPS) is 15.2. The minimum absolute atomic E-state index is 0.131. The first-order valence-electron chi connectivity index (χ1n) is 7.74. The third-order valence-corrected chi connectivity index (χ3v) is 4.70. The molecule has 0 N–H and O–H groups in total. The van der Waals surface area contributed by atoms with E-state index in [1.54, 1.807) is 0 Å². The van der Waals surface area contributed by atoms with Gasteiger partial charge in [-0.3, -0.25) is 0 Å². The van der Waals surface area contributed by atoms with Gasteiger partial charge in [0.1, 0.15) is 0 Å². The van der Waals surface area contributed by atoms with Crippen molar-refractivity contribution in [3.05, 3.63) is 33.9 Å². The molecule has 20 heavy (non-hydrogen) atoms. The largest absolute Gasteiger partial charge is 0.118 e. The van der Waals surface area contributed by atoms with Crippen LogP contribution in [0.3, 0.4) is 0 Å². The number of halogens is 1. The van der Waals surface area contributed by atoms with Gasteiger partial charge in [0.25, 0.3) is 0 Å². The van der Waals surface area contributed by atoms with E-state index in [9.17, 15) is 0 Å². The molecule has 0 radical (unpaired) electrons. The van der Waals surface area contributed by atoms with E-state index in [0.717, 1.165) is 6.42 Å². The van der Waals surface area contributed by atoms with E-state index in [4.69, 9.17) is 11.6 Å². The van der Waals surface area contributed by atoms with Crippen LogP contribution in [0.4, 0.5) is 0 Å². The van der Waals surface area contributed by atoms with Gasteiger partial charge in [-0.25, -0.2) is 0 Å². The maximum atomic E-state index is 6.78. The minimum Gasteiger partial charge on any atom is -0.118 e. The van der Waals surface area contributed by atoms with Crippen LogP contribution >= 0.6 is 11.6 Å². The molecule has 0 nitrogen and oxygen atoms in total. The van der Waals surface area contributed by atoms with Gasteiger partial charge in [0.05, 0.1) is 5.38 Å². The summed E-state index contributed by atoms with van der Waals surface area (Å²) < 4.78 is 0. The van der Waals surface area contributed by atoms with Crippen molar-refractivity contribution >= 4 is 11.6 Å². The number of benzene rings is 1. The molecule has 0 heterocycles. The fourth-order valence-corrected chi connectivity index (χ4v) is 3.95. The van der Waals surface area contributed by atoms with Gasteiger partial charge in [-0.05, 0) is 79.7 Å². The molecule has 0 amide bonds. The zero-order chi connectivity index (χ0) is 15.7. The average Bonchev–Trinajstić information content (AvgIpc) is 2.23. The maximum Gasteiger partial charge on any atom is 0.0593 e. The Morgan fingerprint density at radius 3 is 1.85 bits per heavy atom. The summed E-state index contributed by atoms with van der Waals surface area (Å²) in [6.07, 6.45) is 2.28. The van der Waals surface area contributed by atoms with Gasteiger partial charge in [-0.1, -0.05) is 33.8 Å². The second-order valence-electron chi connectivity index (χ2n) is 7.75. The van der Waals surface area contributed by atoms with Crippen molar-refractivity contribution in [2.45, 2.75) is 73.6 Å². The molecule has 1 heteroatoms. The molecule has 1 aromatic carbocycles. The smallest absolute Gasteiger partial charge is 0.0593 e. The van der Waals surface area contributed by atoms with Crippen LogP contribution in [-0.4, -0.2) is 0 Å². The van der Waals surface area contributed by atoms with E-state index < -0.39 is 0 Å². The van der Waals surface area contributed by atoms with Crippen molar-refractivity contribution in [3.8, 4) is 0 Å². The fraction of sp³-hybridized carbons (Fsp3) is 0.684. The van der Waals surface area contributed by atoms with Gasteiger partial charge < -0.3 is 0 Å². The Hall–Kier alpha value is -0.490. The van der Waals surface area contributed by atoms with E-state index in [-0.39, 0.29) is 5.38 Å². The number of rotatable bonds is 4. The quantitative estimate of drug-likeness (QED) is 0.544. The highest BCUT2D eigenvalue weighted by Crippen LogP contribution is 2.37. The molecule has 0 fully saturated rings. The summed E-state index contributed by atoms with van der Waals surface area (Å²) in [4.78, 5) is 0. The monoisotopic (exact) mass is 294 g/mol. The predicted molar refractivity (Wildman–Crippen MR) is 91.8 cm³/mol. The molecule has 114 valence electrons. The lowest BCUT2D eigenvalue weighted by Gasteiger charge is -2.26. The van der Waals surface area contributed by atoms with E-state index >= 15 is 0 Å². The summed E-state index contributed by atoms with van der Waals surface area (Å²) in [5, 5.41) is 0.131. The molecular weight excluding hydrogens is 264 g/mol. The van der Waals surface area contributed by atoms with Crippen LogP contribution in [-0.2, 0) is 0 Å². The van der Waals surface area contributed by atoms with Crippen molar-refractivity contribution in [2.75, 3.05) is 0 Å². The van der Waals surface area contributed by atoms with E-state index in [0.29, 0.717) is 11.3 Å². The summed E-state index contributed by atoms with van der Waals surface area (Å²) >= 11 is 6.78. The van der Waals surface area contributed by atoms with Gasteiger partial charge in [0, 0.05) is 0 Å². The molecule has 2 atom stereocenters. The average molecular weight is 295 g/mol. The van der Waals surface area contributed by atoms with Crippen LogP contribution in [0.25, 0.3) is 0 Å². The highest BCUT2D eigenvalue weighted by molar-refractivity contribution is 6.21. The molecule has 0 bridgehead atoms. The molecule has 0 aliphatic carbocycles. The molecule has 1 rings (SSSR count). The molecule has 2 unspecified atom stereocenters. The van der Waals surface area contributed by atoms with E-state index in [1.807, 2.05) is 0 Å². The van der Waals surface area contributed by atoms with Crippen LogP contribution in [0.1, 0.15) is 73.7 Å². The first-order valence-corrected chi connectivity index (χ1v) is 8.18. The third-order valence-electron chi connectivity index (χ3n) is 4.31. The summed E-state index contributed by atoms with van der Waals surface area (Å²) in [6.45, 7) is 18.0. The Kier molecular flexibility index (Phi) is 5.72. The lowest BCUT2D eigenvalue weighted by Crippen LogP contribution is -2.13. The zero-order valence-corrected chi connectivity index (χ0v) is 15.3. The van der Waals surface area contributed by atoms with Gasteiger partial charge in [-0.15, -0.1) is 11.6 Å². The van der Waals surface area contributed by atoms with Crippen molar-refractivity contribution < 1.29 is 0 Å². The molecular formula is C19H31Cl. The second kappa shape index (κ2) is 6.52. The Morgan fingerprint density at radius 1 is 1.00 bits per heavy atom. The van der Waals surface area contributed by atoms with Crippen LogP contribution in [0.5, 0.6) is 0 Å². The van der Waals surface area contributed by atoms with Crippen molar-refractivity contribution in [1.29, 1.82) is 0 Å². The lowest BCUT2D eigenvalue weighted by atomic mass is 9.82. The van der Waals surface area contributed by atoms with Gasteiger partial charge >= 0.3 is 0 Å². The van der Waals surface area contributed by atoms with E-state index in [1.165, 1.54) is 34.2 Å². The Bertz CT molecular complexity index is 439. The summed E-state index contributed by atoms with van der Waals surface area (Å²) in [5.74, 6) is 0.650.